The van der Waals surface area contributed by atoms with Gasteiger partial charge < -0.3 is 15.4 Å². The average molecular weight is 410 g/mol. The fourth-order valence-electron chi connectivity index (χ4n) is 3.53. The van der Waals surface area contributed by atoms with Crippen LogP contribution >= 0.6 is 0 Å². The smallest absolute Gasteiger partial charge is 0.293 e. The summed E-state index contributed by atoms with van der Waals surface area (Å²) in [5.41, 5.74) is 2.87. The van der Waals surface area contributed by atoms with Crippen molar-refractivity contribution >= 4 is 17.3 Å². The molecule has 2 N–H and O–H groups in total. The van der Waals surface area contributed by atoms with Crippen LogP contribution in [0.4, 0.5) is 11.4 Å². The molecule has 0 atom stereocenters. The van der Waals surface area contributed by atoms with Gasteiger partial charge in [-0.25, -0.2) is 0 Å². The van der Waals surface area contributed by atoms with Crippen LogP contribution in [0.2, 0.25) is 0 Å². The third-order valence-corrected chi connectivity index (χ3v) is 5.35. The quantitative estimate of drug-likeness (QED) is 0.513. The Morgan fingerprint density at radius 2 is 1.90 bits per heavy atom. The first-order valence-corrected chi connectivity index (χ1v) is 10.3. The van der Waals surface area contributed by atoms with Gasteiger partial charge in [0.15, 0.2) is 0 Å². The molecule has 8 nitrogen and oxygen atoms in total. The van der Waals surface area contributed by atoms with E-state index in [1.54, 1.807) is 12.1 Å². The van der Waals surface area contributed by atoms with Crippen molar-refractivity contribution in [1.29, 1.82) is 0 Å². The SMILES string of the molecule is O=C(NCc1cccc(CN2CCOCC2)c1)c1ccc(NC2CC2)c([N+](=O)[O-])c1. The van der Waals surface area contributed by atoms with Crippen molar-refractivity contribution in [2.45, 2.75) is 32.0 Å². The van der Waals surface area contributed by atoms with E-state index in [-0.39, 0.29) is 17.2 Å². The number of benzene rings is 2. The molecule has 0 bridgehead atoms. The Balaban J connectivity index is 1.37. The zero-order chi connectivity index (χ0) is 20.9. The fraction of sp³-hybridized carbons (Fsp3) is 0.409. The standard InChI is InChI=1S/C22H26N4O4/c27-22(18-4-7-20(24-19-5-6-19)21(13-18)26(28)29)23-14-16-2-1-3-17(12-16)15-25-8-10-30-11-9-25/h1-4,7,12-13,19,24H,5-6,8-11,14-15H2,(H,23,27). The number of rotatable bonds is 8. The van der Waals surface area contributed by atoms with Crippen LogP contribution in [-0.4, -0.2) is 48.1 Å². The lowest BCUT2D eigenvalue weighted by atomic mass is 10.1. The number of hydrogen-bond acceptors (Lipinski definition) is 6. The second-order valence-corrected chi connectivity index (χ2v) is 7.80. The highest BCUT2D eigenvalue weighted by Gasteiger charge is 2.25. The Labute approximate surface area is 175 Å². The highest BCUT2D eigenvalue weighted by Crippen LogP contribution is 2.31. The van der Waals surface area contributed by atoms with Gasteiger partial charge in [0.25, 0.3) is 11.6 Å². The maximum Gasteiger partial charge on any atom is 0.293 e. The van der Waals surface area contributed by atoms with Crippen LogP contribution in [0.3, 0.4) is 0 Å². The van der Waals surface area contributed by atoms with Crippen molar-refractivity contribution in [2.75, 3.05) is 31.6 Å². The molecule has 0 aromatic heterocycles. The molecule has 0 unspecified atom stereocenters. The van der Waals surface area contributed by atoms with Gasteiger partial charge in [-0.3, -0.25) is 19.8 Å². The molecule has 2 fully saturated rings. The van der Waals surface area contributed by atoms with Gasteiger partial charge in [0.1, 0.15) is 5.69 Å². The molecular formula is C22H26N4O4. The summed E-state index contributed by atoms with van der Waals surface area (Å²) in [4.78, 5) is 25.9. The molecule has 1 saturated heterocycles. The van der Waals surface area contributed by atoms with E-state index in [4.69, 9.17) is 4.74 Å². The fourth-order valence-corrected chi connectivity index (χ4v) is 3.53. The molecule has 1 aliphatic heterocycles. The van der Waals surface area contributed by atoms with E-state index >= 15 is 0 Å². The molecule has 4 rings (SSSR count). The number of hydrogen-bond donors (Lipinski definition) is 2. The summed E-state index contributed by atoms with van der Waals surface area (Å²) in [6.07, 6.45) is 2.04. The molecule has 30 heavy (non-hydrogen) atoms. The van der Waals surface area contributed by atoms with E-state index in [9.17, 15) is 14.9 Å². The minimum absolute atomic E-state index is 0.0675. The van der Waals surface area contributed by atoms with Crippen molar-refractivity contribution < 1.29 is 14.5 Å². The third-order valence-electron chi connectivity index (χ3n) is 5.35. The lowest BCUT2D eigenvalue weighted by Gasteiger charge is -2.26. The van der Waals surface area contributed by atoms with Crippen molar-refractivity contribution in [3.05, 3.63) is 69.3 Å². The molecule has 2 aromatic carbocycles. The Kier molecular flexibility index (Phi) is 6.25. The van der Waals surface area contributed by atoms with Crippen LogP contribution in [0.5, 0.6) is 0 Å². The van der Waals surface area contributed by atoms with Crippen LogP contribution in [-0.2, 0) is 17.8 Å². The molecule has 1 amide bonds. The topological polar surface area (TPSA) is 96.7 Å². The van der Waals surface area contributed by atoms with Crippen LogP contribution in [0.25, 0.3) is 0 Å². The Morgan fingerprint density at radius 3 is 2.63 bits per heavy atom. The number of nitrogens with zero attached hydrogens (tertiary/aromatic N) is 2. The van der Waals surface area contributed by atoms with Crippen molar-refractivity contribution in [3.8, 4) is 0 Å². The van der Waals surface area contributed by atoms with Crippen LogP contribution < -0.4 is 10.6 Å². The Morgan fingerprint density at radius 1 is 1.13 bits per heavy atom. The predicted octanol–water partition coefficient (Wildman–Crippen LogP) is 2.93. The molecule has 2 aliphatic rings. The number of morpholine rings is 1. The molecule has 1 saturated carbocycles. The van der Waals surface area contributed by atoms with Crippen LogP contribution in [0, 0.1) is 10.1 Å². The Hall–Kier alpha value is -2.97. The highest BCUT2D eigenvalue weighted by molar-refractivity contribution is 5.95. The minimum Gasteiger partial charge on any atom is -0.379 e. The van der Waals surface area contributed by atoms with Gasteiger partial charge in [0.05, 0.1) is 18.1 Å². The molecule has 2 aromatic rings. The summed E-state index contributed by atoms with van der Waals surface area (Å²) in [5.74, 6) is -0.324. The second kappa shape index (κ2) is 9.23. The van der Waals surface area contributed by atoms with Gasteiger partial charge in [-0.15, -0.1) is 0 Å². The van der Waals surface area contributed by atoms with E-state index in [0.29, 0.717) is 18.3 Å². The van der Waals surface area contributed by atoms with E-state index < -0.39 is 4.92 Å². The Bertz CT molecular complexity index is 923. The number of nitro groups is 1. The molecule has 158 valence electrons. The van der Waals surface area contributed by atoms with Gasteiger partial charge in [-0.1, -0.05) is 24.3 Å². The van der Waals surface area contributed by atoms with E-state index in [1.807, 2.05) is 12.1 Å². The van der Waals surface area contributed by atoms with E-state index in [0.717, 1.165) is 51.3 Å². The van der Waals surface area contributed by atoms with Crippen LogP contribution in [0.1, 0.15) is 34.3 Å². The monoisotopic (exact) mass is 410 g/mol. The minimum atomic E-state index is -0.448. The largest absolute Gasteiger partial charge is 0.379 e. The first-order valence-electron chi connectivity index (χ1n) is 10.3. The molecule has 0 spiro atoms. The normalized spacial score (nSPS) is 16.8. The molecule has 8 heteroatoms. The number of carbonyl (C=O) groups is 1. The third kappa shape index (κ3) is 5.34. The summed E-state index contributed by atoms with van der Waals surface area (Å²) >= 11 is 0. The highest BCUT2D eigenvalue weighted by atomic mass is 16.6. The number of nitrogens with one attached hydrogen (secondary N) is 2. The number of anilines is 1. The summed E-state index contributed by atoms with van der Waals surface area (Å²) < 4.78 is 5.39. The van der Waals surface area contributed by atoms with Gasteiger partial charge in [0, 0.05) is 43.9 Å². The zero-order valence-electron chi connectivity index (χ0n) is 16.8. The lowest BCUT2D eigenvalue weighted by Crippen LogP contribution is -2.35. The van der Waals surface area contributed by atoms with Gasteiger partial charge >= 0.3 is 0 Å². The predicted molar refractivity (Wildman–Crippen MR) is 113 cm³/mol. The zero-order valence-corrected chi connectivity index (χ0v) is 16.8. The number of carbonyl (C=O) groups excluding carboxylic acids is 1. The molecule has 0 radical (unpaired) electrons. The van der Waals surface area contributed by atoms with E-state index in [1.165, 1.54) is 11.6 Å². The van der Waals surface area contributed by atoms with Crippen molar-refractivity contribution in [2.24, 2.45) is 0 Å². The summed E-state index contributed by atoms with van der Waals surface area (Å²) in [6, 6.07) is 13.0. The molecule has 1 heterocycles. The first kappa shape index (κ1) is 20.3. The second-order valence-electron chi connectivity index (χ2n) is 7.80. The number of nitro benzene ring substituents is 1. The maximum absolute atomic E-state index is 12.6. The van der Waals surface area contributed by atoms with Crippen molar-refractivity contribution in [1.82, 2.24) is 10.2 Å². The first-order chi connectivity index (χ1) is 14.6. The summed E-state index contributed by atoms with van der Waals surface area (Å²) in [6.45, 7) is 4.59. The van der Waals surface area contributed by atoms with Crippen molar-refractivity contribution in [3.63, 3.8) is 0 Å². The van der Waals surface area contributed by atoms with Gasteiger partial charge in [0.2, 0.25) is 0 Å². The number of amides is 1. The van der Waals surface area contributed by atoms with Crippen LogP contribution in [0.15, 0.2) is 42.5 Å². The van der Waals surface area contributed by atoms with Gasteiger partial charge in [-0.05, 0) is 36.1 Å². The average Bonchev–Trinajstić information content (AvgIpc) is 3.57. The van der Waals surface area contributed by atoms with E-state index in [2.05, 4.69) is 27.7 Å². The maximum atomic E-state index is 12.6. The van der Waals surface area contributed by atoms with Gasteiger partial charge in [-0.2, -0.15) is 0 Å². The molecular weight excluding hydrogens is 384 g/mol. The molecule has 1 aliphatic carbocycles. The number of ether oxygens (including phenoxy) is 1. The lowest BCUT2D eigenvalue weighted by molar-refractivity contribution is -0.384. The summed E-state index contributed by atoms with van der Waals surface area (Å²) in [5, 5.41) is 17.4. The summed E-state index contributed by atoms with van der Waals surface area (Å²) in [7, 11) is 0.